The number of nitrogens with one attached hydrogen (secondary N) is 2. The lowest BCUT2D eigenvalue weighted by molar-refractivity contribution is -0.143. The van der Waals surface area contributed by atoms with E-state index in [1.807, 2.05) is 6.07 Å². The van der Waals surface area contributed by atoms with Crippen LogP contribution < -0.4 is 15.4 Å². The number of amides is 2. The number of methoxy groups -OCH3 is 1. The molecule has 2 amide bonds. The van der Waals surface area contributed by atoms with Crippen molar-refractivity contribution in [1.82, 2.24) is 10.6 Å². The predicted octanol–water partition coefficient (Wildman–Crippen LogP) is 1.68. The Balaban J connectivity index is 1.73. The Morgan fingerprint density at radius 2 is 1.92 bits per heavy atom. The van der Waals surface area contributed by atoms with Crippen molar-refractivity contribution in [2.24, 2.45) is 5.92 Å². The van der Waals surface area contributed by atoms with Crippen molar-refractivity contribution in [2.45, 2.75) is 38.3 Å². The first-order valence-electron chi connectivity index (χ1n) is 8.53. The molecule has 0 bridgehead atoms. The van der Waals surface area contributed by atoms with Gasteiger partial charge in [0.15, 0.2) is 6.61 Å². The van der Waals surface area contributed by atoms with Crippen molar-refractivity contribution < 1.29 is 29.0 Å². The summed E-state index contributed by atoms with van der Waals surface area (Å²) in [7, 11) is 1.29. The van der Waals surface area contributed by atoms with Crippen molar-refractivity contribution in [1.29, 1.82) is 0 Å². The number of carboxylic acid groups (broad SMARTS) is 1. The average Bonchev–Trinajstić information content (AvgIpc) is 2.65. The van der Waals surface area contributed by atoms with Crippen molar-refractivity contribution in [3.05, 3.63) is 29.8 Å². The maximum Gasteiger partial charge on any atom is 0.343 e. The van der Waals surface area contributed by atoms with E-state index in [4.69, 9.17) is 9.84 Å². The van der Waals surface area contributed by atoms with E-state index < -0.39 is 11.9 Å². The first kappa shape index (κ1) is 19.6. The number of hydrogen-bond donors (Lipinski definition) is 3. The number of carboxylic acids is 1. The molecule has 1 aromatic carbocycles. The van der Waals surface area contributed by atoms with Crippen molar-refractivity contribution in [3.63, 3.8) is 0 Å². The normalized spacial score (nSPS) is 19.3. The Morgan fingerprint density at radius 3 is 2.58 bits per heavy atom. The van der Waals surface area contributed by atoms with Crippen LogP contribution in [0, 0.1) is 5.92 Å². The number of urea groups is 1. The molecule has 8 nitrogen and oxygen atoms in total. The molecule has 8 heteroatoms. The molecule has 1 saturated carbocycles. The van der Waals surface area contributed by atoms with Gasteiger partial charge in [-0.15, -0.1) is 0 Å². The highest BCUT2D eigenvalue weighted by Gasteiger charge is 2.26. The van der Waals surface area contributed by atoms with Crippen molar-refractivity contribution in [2.75, 3.05) is 13.7 Å². The SMILES string of the molecule is COC(=O)COc1cccc(CNC(=O)NC2CCC(C(=O)O)CC2)c1. The molecule has 142 valence electrons. The Kier molecular flexibility index (Phi) is 7.25. The van der Waals surface area contributed by atoms with Gasteiger partial charge in [0, 0.05) is 12.6 Å². The summed E-state index contributed by atoms with van der Waals surface area (Å²) in [5.41, 5.74) is 0.831. The van der Waals surface area contributed by atoms with Gasteiger partial charge in [-0.3, -0.25) is 4.79 Å². The minimum atomic E-state index is -0.762. The first-order chi connectivity index (χ1) is 12.5. The number of benzene rings is 1. The molecule has 0 radical (unpaired) electrons. The zero-order valence-electron chi connectivity index (χ0n) is 14.7. The lowest BCUT2D eigenvalue weighted by Crippen LogP contribution is -2.43. The van der Waals surface area contributed by atoms with Gasteiger partial charge in [0.25, 0.3) is 0 Å². The summed E-state index contributed by atoms with van der Waals surface area (Å²) in [5, 5.41) is 14.6. The number of carbonyl (C=O) groups excluding carboxylic acids is 2. The van der Waals surface area contributed by atoms with Crippen LogP contribution in [-0.4, -0.2) is 42.8 Å². The molecule has 0 atom stereocenters. The van der Waals surface area contributed by atoms with Crippen LogP contribution in [-0.2, 0) is 20.9 Å². The molecular formula is C18H24N2O6. The van der Waals surface area contributed by atoms with Crippen LogP contribution >= 0.6 is 0 Å². The minimum absolute atomic E-state index is 0.000300. The first-order valence-corrected chi connectivity index (χ1v) is 8.53. The third-order valence-corrected chi connectivity index (χ3v) is 4.35. The standard InChI is InChI=1S/C18H24N2O6/c1-25-16(21)11-26-15-4-2-3-12(9-15)10-19-18(24)20-14-7-5-13(6-8-14)17(22)23/h2-4,9,13-14H,5-8,10-11H2,1H3,(H,22,23)(H2,19,20,24). The highest BCUT2D eigenvalue weighted by atomic mass is 16.6. The van der Waals surface area contributed by atoms with E-state index in [1.165, 1.54) is 7.11 Å². The van der Waals surface area contributed by atoms with E-state index in [1.54, 1.807) is 18.2 Å². The van der Waals surface area contributed by atoms with E-state index in [9.17, 15) is 14.4 Å². The van der Waals surface area contributed by atoms with E-state index >= 15 is 0 Å². The van der Waals surface area contributed by atoms with Crippen molar-refractivity contribution >= 4 is 18.0 Å². The molecule has 0 heterocycles. The molecule has 0 unspecified atom stereocenters. The van der Waals surface area contributed by atoms with Gasteiger partial charge in [-0.25, -0.2) is 9.59 Å². The molecule has 0 saturated heterocycles. The summed E-state index contributed by atoms with van der Waals surface area (Å²) in [6.07, 6.45) is 2.50. The second-order valence-electron chi connectivity index (χ2n) is 6.23. The maximum absolute atomic E-state index is 12.0. The molecule has 2 rings (SSSR count). The molecular weight excluding hydrogens is 340 g/mol. The number of carbonyl (C=O) groups is 3. The molecule has 1 aliphatic rings. The number of ether oxygens (including phenoxy) is 2. The minimum Gasteiger partial charge on any atom is -0.482 e. The second-order valence-corrected chi connectivity index (χ2v) is 6.23. The Labute approximate surface area is 151 Å². The lowest BCUT2D eigenvalue weighted by atomic mass is 9.86. The monoisotopic (exact) mass is 364 g/mol. The maximum atomic E-state index is 12.0. The van der Waals surface area contributed by atoms with Gasteiger partial charge in [0.05, 0.1) is 13.0 Å². The summed E-state index contributed by atoms with van der Waals surface area (Å²) in [4.78, 5) is 34.0. The zero-order valence-corrected chi connectivity index (χ0v) is 14.7. The van der Waals surface area contributed by atoms with Crippen LogP contribution in [0.1, 0.15) is 31.2 Å². The summed E-state index contributed by atoms with van der Waals surface area (Å²) in [5.74, 6) is -1.02. The smallest absolute Gasteiger partial charge is 0.343 e. The Bertz CT molecular complexity index is 640. The largest absolute Gasteiger partial charge is 0.482 e. The predicted molar refractivity (Wildman–Crippen MR) is 92.7 cm³/mol. The quantitative estimate of drug-likeness (QED) is 0.634. The summed E-state index contributed by atoms with van der Waals surface area (Å²) < 4.78 is 9.82. The molecule has 1 aromatic rings. The Hall–Kier alpha value is -2.77. The molecule has 0 aromatic heterocycles. The topological polar surface area (TPSA) is 114 Å². The van der Waals surface area contributed by atoms with Crippen LogP contribution in [0.2, 0.25) is 0 Å². The third-order valence-electron chi connectivity index (χ3n) is 4.35. The van der Waals surface area contributed by atoms with E-state index in [0.29, 0.717) is 38.0 Å². The number of aliphatic carboxylic acids is 1. The van der Waals surface area contributed by atoms with E-state index in [2.05, 4.69) is 15.4 Å². The van der Waals surface area contributed by atoms with Crippen LogP contribution in [0.3, 0.4) is 0 Å². The van der Waals surface area contributed by atoms with Crippen LogP contribution in [0.15, 0.2) is 24.3 Å². The van der Waals surface area contributed by atoms with Crippen LogP contribution in [0.25, 0.3) is 0 Å². The number of rotatable bonds is 7. The molecule has 3 N–H and O–H groups in total. The number of esters is 1. The fourth-order valence-electron chi connectivity index (χ4n) is 2.85. The molecule has 26 heavy (non-hydrogen) atoms. The summed E-state index contributed by atoms with van der Waals surface area (Å²) >= 11 is 0. The molecule has 0 spiro atoms. The summed E-state index contributed by atoms with van der Waals surface area (Å²) in [6, 6.07) is 6.78. The van der Waals surface area contributed by atoms with Gasteiger partial charge in [-0.1, -0.05) is 12.1 Å². The molecule has 1 fully saturated rings. The lowest BCUT2D eigenvalue weighted by Gasteiger charge is -2.26. The molecule has 1 aliphatic carbocycles. The number of hydrogen-bond acceptors (Lipinski definition) is 5. The fraction of sp³-hybridized carbons (Fsp3) is 0.500. The van der Waals surface area contributed by atoms with Crippen molar-refractivity contribution in [3.8, 4) is 5.75 Å². The average molecular weight is 364 g/mol. The molecule has 0 aliphatic heterocycles. The highest BCUT2D eigenvalue weighted by molar-refractivity contribution is 5.74. The van der Waals surface area contributed by atoms with Gasteiger partial charge in [-0.2, -0.15) is 0 Å². The zero-order chi connectivity index (χ0) is 18.9. The summed E-state index contributed by atoms with van der Waals surface area (Å²) in [6.45, 7) is 0.138. The third kappa shape index (κ3) is 6.27. The van der Waals surface area contributed by atoms with Gasteiger partial charge >= 0.3 is 18.0 Å². The van der Waals surface area contributed by atoms with E-state index in [-0.39, 0.29) is 24.6 Å². The van der Waals surface area contributed by atoms with Crippen LogP contribution in [0.4, 0.5) is 4.79 Å². The Morgan fingerprint density at radius 1 is 1.19 bits per heavy atom. The fourth-order valence-corrected chi connectivity index (χ4v) is 2.85. The highest BCUT2D eigenvalue weighted by Crippen LogP contribution is 2.24. The van der Waals surface area contributed by atoms with Gasteiger partial charge < -0.3 is 25.2 Å². The van der Waals surface area contributed by atoms with Crippen LogP contribution in [0.5, 0.6) is 5.75 Å². The van der Waals surface area contributed by atoms with E-state index in [0.717, 1.165) is 5.56 Å². The van der Waals surface area contributed by atoms with Gasteiger partial charge in [0.1, 0.15) is 5.75 Å². The van der Waals surface area contributed by atoms with Gasteiger partial charge in [-0.05, 0) is 43.4 Å². The van der Waals surface area contributed by atoms with Gasteiger partial charge in [0.2, 0.25) is 0 Å². The second kappa shape index (κ2) is 9.65.